The van der Waals surface area contributed by atoms with Crippen LogP contribution in [0.2, 0.25) is 0 Å². The van der Waals surface area contributed by atoms with Gasteiger partial charge in [0.2, 0.25) is 0 Å². The highest BCUT2D eigenvalue weighted by Gasteiger charge is 2.49. The van der Waals surface area contributed by atoms with Gasteiger partial charge in [0.25, 0.3) is 0 Å². The molecule has 2 saturated heterocycles. The van der Waals surface area contributed by atoms with Crippen LogP contribution in [0.3, 0.4) is 0 Å². The Hall–Kier alpha value is -4.40. The number of aryl methyl sites for hydroxylation is 2. The van der Waals surface area contributed by atoms with Crippen molar-refractivity contribution in [2.24, 2.45) is 12.5 Å². The molecule has 0 N–H and O–H groups in total. The number of hydrogen-bond acceptors (Lipinski definition) is 6. The molecule has 2 aliphatic rings. The normalized spacial score (nSPS) is 16.6. The fraction of sp³-hybridized carbons (Fsp3) is 0.375. The van der Waals surface area contributed by atoms with Crippen molar-refractivity contribution >= 4 is 33.7 Å². The zero-order valence-corrected chi connectivity index (χ0v) is 24.3. The summed E-state index contributed by atoms with van der Waals surface area (Å²) in [6.07, 6.45) is 4.75. The van der Waals surface area contributed by atoms with E-state index >= 15 is 0 Å². The van der Waals surface area contributed by atoms with E-state index in [0.717, 1.165) is 82.7 Å². The molecule has 0 atom stereocenters. The number of benzene rings is 2. The Morgan fingerprint density at radius 2 is 1.78 bits per heavy atom. The molecule has 1 spiro atoms. The van der Waals surface area contributed by atoms with Crippen molar-refractivity contribution in [2.75, 3.05) is 31.1 Å². The van der Waals surface area contributed by atoms with Crippen LogP contribution < -0.4 is 4.90 Å². The van der Waals surface area contributed by atoms with Crippen molar-refractivity contribution in [3.8, 4) is 16.9 Å². The maximum atomic E-state index is 12.6. The summed E-state index contributed by atoms with van der Waals surface area (Å²) in [7, 11) is 1.95. The van der Waals surface area contributed by atoms with Gasteiger partial charge in [0, 0.05) is 61.2 Å². The monoisotopic (exact) mass is 549 g/mol. The van der Waals surface area contributed by atoms with Gasteiger partial charge in [-0.15, -0.1) is 0 Å². The van der Waals surface area contributed by atoms with Crippen molar-refractivity contribution in [1.82, 2.24) is 29.4 Å². The summed E-state index contributed by atoms with van der Waals surface area (Å²) in [5.41, 5.74) is 5.76. The number of para-hydroxylation sites is 1. The van der Waals surface area contributed by atoms with E-state index in [-0.39, 0.29) is 11.5 Å². The van der Waals surface area contributed by atoms with E-state index in [1.54, 1.807) is 0 Å². The molecule has 0 bridgehead atoms. The van der Waals surface area contributed by atoms with E-state index in [4.69, 9.17) is 14.8 Å². The average molecular weight is 550 g/mol. The number of anilines is 1. The van der Waals surface area contributed by atoms with Gasteiger partial charge in [-0.3, -0.25) is 4.68 Å². The predicted molar refractivity (Wildman–Crippen MR) is 160 cm³/mol. The molecule has 5 aromatic rings. The summed E-state index contributed by atoms with van der Waals surface area (Å²) in [6.45, 7) is 11.1. The van der Waals surface area contributed by atoms with Gasteiger partial charge in [0.15, 0.2) is 0 Å². The van der Waals surface area contributed by atoms with Gasteiger partial charge in [-0.1, -0.05) is 30.3 Å². The van der Waals surface area contributed by atoms with Crippen molar-refractivity contribution in [3.05, 3.63) is 66.5 Å². The second-order valence-corrected chi connectivity index (χ2v) is 12.7. The molecule has 0 saturated carbocycles. The Balaban J connectivity index is 1.14. The lowest BCUT2D eigenvalue weighted by Crippen LogP contribution is -2.58. The van der Waals surface area contributed by atoms with Crippen molar-refractivity contribution in [2.45, 2.75) is 39.7 Å². The highest BCUT2D eigenvalue weighted by molar-refractivity contribution is 6.03. The molecule has 9 nitrogen and oxygen atoms in total. The first kappa shape index (κ1) is 25.6. The third-order valence-electron chi connectivity index (χ3n) is 8.27. The second kappa shape index (κ2) is 9.06. The molecule has 2 aliphatic heterocycles. The smallest absolute Gasteiger partial charge is 0.410 e. The van der Waals surface area contributed by atoms with Gasteiger partial charge in [0.1, 0.15) is 17.1 Å². The number of aromatic nitrogens is 5. The molecule has 2 aromatic carbocycles. The summed E-state index contributed by atoms with van der Waals surface area (Å²) in [6, 6.07) is 16.7. The molecule has 5 heterocycles. The Morgan fingerprint density at radius 1 is 0.976 bits per heavy atom. The number of pyridine rings is 1. The van der Waals surface area contributed by atoms with Crippen molar-refractivity contribution in [3.63, 3.8) is 0 Å². The highest BCUT2D eigenvalue weighted by atomic mass is 16.6. The first-order valence-electron chi connectivity index (χ1n) is 14.2. The minimum absolute atomic E-state index is 0.120. The van der Waals surface area contributed by atoms with E-state index in [9.17, 15) is 4.79 Å². The zero-order valence-electron chi connectivity index (χ0n) is 24.3. The van der Waals surface area contributed by atoms with Crippen LogP contribution in [0.4, 0.5) is 10.6 Å². The van der Waals surface area contributed by atoms with E-state index in [1.807, 2.05) is 60.4 Å². The molecule has 210 valence electrons. The molecule has 0 radical (unpaired) electrons. The number of amides is 1. The summed E-state index contributed by atoms with van der Waals surface area (Å²) in [5, 5.41) is 11.9. The van der Waals surface area contributed by atoms with Crippen LogP contribution in [0.25, 0.3) is 38.8 Å². The third-order valence-corrected chi connectivity index (χ3v) is 8.27. The van der Waals surface area contributed by atoms with Gasteiger partial charge in [-0.2, -0.15) is 10.2 Å². The Morgan fingerprint density at radius 3 is 2.54 bits per heavy atom. The molecule has 1 amide bonds. The van der Waals surface area contributed by atoms with Crippen molar-refractivity contribution < 1.29 is 9.53 Å². The molecule has 3 aromatic heterocycles. The molecule has 41 heavy (non-hydrogen) atoms. The Labute approximate surface area is 239 Å². The fourth-order valence-electron chi connectivity index (χ4n) is 6.38. The molecule has 0 aliphatic carbocycles. The summed E-state index contributed by atoms with van der Waals surface area (Å²) >= 11 is 0. The number of hydrogen-bond donors (Lipinski definition) is 0. The topological polar surface area (TPSA) is 81.3 Å². The minimum atomic E-state index is -0.477. The van der Waals surface area contributed by atoms with E-state index in [2.05, 4.69) is 59.5 Å². The maximum absolute atomic E-state index is 12.6. The predicted octanol–water partition coefficient (Wildman–Crippen LogP) is 5.73. The van der Waals surface area contributed by atoms with Gasteiger partial charge in [-0.05, 0) is 57.9 Å². The van der Waals surface area contributed by atoms with Crippen LogP contribution in [0.15, 0.2) is 60.9 Å². The Kier molecular flexibility index (Phi) is 5.65. The summed E-state index contributed by atoms with van der Waals surface area (Å²) in [5.74, 6) is 0.948. The lowest BCUT2D eigenvalue weighted by molar-refractivity contribution is 0.0265. The molecule has 2 fully saturated rings. The first-order chi connectivity index (χ1) is 19.6. The summed E-state index contributed by atoms with van der Waals surface area (Å²) in [4.78, 5) is 21.6. The van der Waals surface area contributed by atoms with Crippen LogP contribution >= 0.6 is 0 Å². The number of fused-ring (bicyclic) bond motifs is 2. The Bertz CT molecular complexity index is 1790. The minimum Gasteiger partial charge on any atom is -0.444 e. The lowest BCUT2D eigenvalue weighted by Gasteiger charge is -2.48. The largest absolute Gasteiger partial charge is 0.444 e. The molecule has 7 rings (SSSR count). The van der Waals surface area contributed by atoms with Gasteiger partial charge in [0.05, 0.1) is 22.9 Å². The van der Waals surface area contributed by atoms with Gasteiger partial charge >= 0.3 is 6.09 Å². The quantitative estimate of drug-likeness (QED) is 0.286. The van der Waals surface area contributed by atoms with Gasteiger partial charge < -0.3 is 14.5 Å². The SMILES string of the molecule is Cc1cccc2c(-c3cccc4nn(C)cc34)nn(-c3ccc(N4CC5(CCN(C(=O)OC(C)(C)C)C5)C4)nc3)c12. The van der Waals surface area contributed by atoms with Crippen LogP contribution in [-0.4, -0.2) is 67.3 Å². The lowest BCUT2D eigenvalue weighted by atomic mass is 9.79. The zero-order chi connectivity index (χ0) is 28.5. The number of nitrogens with zero attached hydrogens (tertiary/aromatic N) is 7. The van der Waals surface area contributed by atoms with E-state index in [0.29, 0.717) is 0 Å². The highest BCUT2D eigenvalue weighted by Crippen LogP contribution is 2.42. The third kappa shape index (κ3) is 4.40. The molecular weight excluding hydrogens is 514 g/mol. The number of ether oxygens (including phenoxy) is 1. The average Bonchev–Trinajstić information content (AvgIpc) is 3.62. The molecule has 9 heteroatoms. The standard InChI is InChI=1S/C32H35N7O2/c1-21-8-6-10-24-28(23-9-7-11-26-25(23)17-36(5)34-26)35-39(29(21)24)22-12-13-27(33-16-22)38-19-32(20-38)14-15-37(18-32)30(40)41-31(2,3)4/h6-13,16-17H,14-15,18-20H2,1-5H3. The fourth-order valence-corrected chi connectivity index (χ4v) is 6.38. The van der Waals surface area contributed by atoms with Crippen LogP contribution in [-0.2, 0) is 11.8 Å². The number of carbonyl (C=O) groups excluding carboxylic acids is 1. The van der Waals surface area contributed by atoms with E-state index < -0.39 is 5.60 Å². The molecule has 0 unspecified atom stereocenters. The van der Waals surface area contributed by atoms with Crippen molar-refractivity contribution in [1.29, 1.82) is 0 Å². The molecular formula is C32H35N7O2. The van der Waals surface area contributed by atoms with Crippen LogP contribution in [0.5, 0.6) is 0 Å². The summed E-state index contributed by atoms with van der Waals surface area (Å²) < 4.78 is 9.45. The number of likely N-dealkylation sites (tertiary alicyclic amines) is 1. The van der Waals surface area contributed by atoms with Gasteiger partial charge in [-0.25, -0.2) is 14.5 Å². The number of carbonyl (C=O) groups is 1. The van der Waals surface area contributed by atoms with Crippen LogP contribution in [0, 0.1) is 12.3 Å². The maximum Gasteiger partial charge on any atom is 0.410 e. The van der Waals surface area contributed by atoms with Crippen LogP contribution in [0.1, 0.15) is 32.8 Å². The first-order valence-corrected chi connectivity index (χ1v) is 14.2. The second-order valence-electron chi connectivity index (χ2n) is 12.7. The number of rotatable bonds is 3. The van der Waals surface area contributed by atoms with E-state index in [1.165, 1.54) is 0 Å².